The van der Waals surface area contributed by atoms with Crippen molar-refractivity contribution in [2.75, 3.05) is 0 Å². The molecule has 0 aliphatic heterocycles. The second-order valence-corrected chi connectivity index (χ2v) is 4.82. The quantitative estimate of drug-likeness (QED) is 0.757. The van der Waals surface area contributed by atoms with Crippen LogP contribution in [-0.4, -0.2) is 10.8 Å². The van der Waals surface area contributed by atoms with Gasteiger partial charge in [-0.25, -0.2) is 4.98 Å². The van der Waals surface area contributed by atoms with Gasteiger partial charge in [0.05, 0.1) is 5.51 Å². The van der Waals surface area contributed by atoms with Gasteiger partial charge in [-0.1, -0.05) is 24.3 Å². The fourth-order valence-corrected chi connectivity index (χ4v) is 2.78. The lowest BCUT2D eigenvalue weighted by atomic mass is 9.75. The summed E-state index contributed by atoms with van der Waals surface area (Å²) in [4.78, 5) is 15.9. The number of thiazole rings is 1. The van der Waals surface area contributed by atoms with E-state index in [4.69, 9.17) is 0 Å². The van der Waals surface area contributed by atoms with Gasteiger partial charge in [-0.3, -0.25) is 4.79 Å². The summed E-state index contributed by atoms with van der Waals surface area (Å²) >= 11 is 1.47. The summed E-state index contributed by atoms with van der Waals surface area (Å²) in [7, 11) is 0. The predicted molar refractivity (Wildman–Crippen MR) is 63.9 cm³/mol. The van der Waals surface area contributed by atoms with Crippen molar-refractivity contribution >= 4 is 17.1 Å². The number of rotatable bonds is 3. The first-order valence-electron chi connectivity index (χ1n) is 5.34. The van der Waals surface area contributed by atoms with Crippen molar-refractivity contribution < 1.29 is 4.79 Å². The van der Waals surface area contributed by atoms with Crippen LogP contribution in [-0.2, 0) is 6.42 Å². The smallest absolute Gasteiger partial charge is 0.182 e. The Kier molecular flexibility index (Phi) is 2.33. The Hall–Kier alpha value is -1.48. The molecule has 0 bridgehead atoms. The lowest BCUT2D eigenvalue weighted by Crippen LogP contribution is -2.20. The van der Waals surface area contributed by atoms with Gasteiger partial charge in [0.15, 0.2) is 5.78 Å². The molecule has 1 aromatic carbocycles. The standard InChI is InChI=1S/C13H11NOS/c15-13(12-7-16-8-14-12)6-10-5-9-3-1-2-4-11(9)10/h1-4,7-8,10H,5-6H2. The zero-order valence-electron chi connectivity index (χ0n) is 8.72. The normalized spacial score (nSPS) is 17.6. The van der Waals surface area contributed by atoms with Gasteiger partial charge in [0.25, 0.3) is 0 Å². The highest BCUT2D eigenvalue weighted by atomic mass is 32.1. The third-order valence-electron chi connectivity index (χ3n) is 3.11. The van der Waals surface area contributed by atoms with Crippen LogP contribution in [0.25, 0.3) is 0 Å². The van der Waals surface area contributed by atoms with Gasteiger partial charge in [-0.15, -0.1) is 11.3 Å². The van der Waals surface area contributed by atoms with Crippen LogP contribution in [0.3, 0.4) is 0 Å². The van der Waals surface area contributed by atoms with Gasteiger partial charge in [-0.05, 0) is 23.5 Å². The van der Waals surface area contributed by atoms with Crippen molar-refractivity contribution in [1.29, 1.82) is 0 Å². The molecule has 16 heavy (non-hydrogen) atoms. The molecule has 0 fully saturated rings. The average molecular weight is 229 g/mol. The number of hydrogen-bond acceptors (Lipinski definition) is 3. The molecule has 2 aromatic rings. The van der Waals surface area contributed by atoms with E-state index < -0.39 is 0 Å². The summed E-state index contributed by atoms with van der Waals surface area (Å²) in [6.45, 7) is 0. The first kappa shape index (κ1) is 9.73. The SMILES string of the molecule is O=C(CC1Cc2ccccc21)c1cscn1. The van der Waals surface area contributed by atoms with E-state index in [0.717, 1.165) is 6.42 Å². The zero-order chi connectivity index (χ0) is 11.0. The Bertz CT molecular complexity index is 518. The number of aromatic nitrogens is 1. The van der Waals surface area contributed by atoms with Crippen molar-refractivity contribution in [2.45, 2.75) is 18.8 Å². The molecule has 1 atom stereocenters. The summed E-state index contributed by atoms with van der Waals surface area (Å²) in [5, 5.41) is 1.83. The zero-order valence-corrected chi connectivity index (χ0v) is 9.54. The van der Waals surface area contributed by atoms with E-state index >= 15 is 0 Å². The maximum Gasteiger partial charge on any atom is 0.182 e. The van der Waals surface area contributed by atoms with Crippen molar-refractivity contribution in [3.05, 3.63) is 52.0 Å². The minimum atomic E-state index is 0.167. The van der Waals surface area contributed by atoms with Crippen molar-refractivity contribution in [2.24, 2.45) is 0 Å². The van der Waals surface area contributed by atoms with Gasteiger partial charge in [0.1, 0.15) is 5.69 Å². The summed E-state index contributed by atoms with van der Waals surface area (Å²) in [6.07, 6.45) is 1.63. The van der Waals surface area contributed by atoms with Gasteiger partial charge in [0.2, 0.25) is 0 Å². The van der Waals surface area contributed by atoms with Crippen molar-refractivity contribution in [1.82, 2.24) is 4.98 Å². The Labute approximate surface area is 98.0 Å². The number of fused-ring (bicyclic) bond motifs is 1. The number of carbonyl (C=O) groups is 1. The maximum atomic E-state index is 11.9. The molecule has 0 spiro atoms. The molecule has 0 saturated heterocycles. The fraction of sp³-hybridized carbons (Fsp3) is 0.231. The summed E-state index contributed by atoms with van der Waals surface area (Å²) in [5.74, 6) is 0.575. The number of hydrogen-bond donors (Lipinski definition) is 0. The van der Waals surface area contributed by atoms with E-state index in [1.165, 1.54) is 22.5 Å². The van der Waals surface area contributed by atoms with E-state index in [2.05, 4.69) is 23.2 Å². The third kappa shape index (κ3) is 1.57. The number of benzene rings is 1. The van der Waals surface area contributed by atoms with Crippen molar-refractivity contribution in [3.8, 4) is 0 Å². The van der Waals surface area contributed by atoms with Crippen LogP contribution in [0.5, 0.6) is 0 Å². The van der Waals surface area contributed by atoms with Crippen LogP contribution < -0.4 is 0 Å². The monoisotopic (exact) mass is 229 g/mol. The molecule has 0 N–H and O–H groups in total. The first-order valence-corrected chi connectivity index (χ1v) is 6.28. The van der Waals surface area contributed by atoms with Crippen LogP contribution in [0.15, 0.2) is 35.2 Å². The van der Waals surface area contributed by atoms with Crippen LogP contribution in [0.1, 0.15) is 34.0 Å². The van der Waals surface area contributed by atoms with Crippen LogP contribution in [0.2, 0.25) is 0 Å². The minimum absolute atomic E-state index is 0.167. The fourth-order valence-electron chi connectivity index (χ4n) is 2.22. The molecule has 1 aromatic heterocycles. The largest absolute Gasteiger partial charge is 0.292 e. The maximum absolute atomic E-state index is 11.9. The van der Waals surface area contributed by atoms with E-state index in [-0.39, 0.29) is 5.78 Å². The number of Topliss-reactive ketones (excluding diaryl/α,β-unsaturated/α-hetero) is 1. The molecule has 80 valence electrons. The van der Waals surface area contributed by atoms with Crippen LogP contribution in [0.4, 0.5) is 0 Å². The highest BCUT2D eigenvalue weighted by molar-refractivity contribution is 7.07. The molecule has 2 nitrogen and oxygen atoms in total. The van der Waals surface area contributed by atoms with Gasteiger partial charge in [0, 0.05) is 11.8 Å². The topological polar surface area (TPSA) is 30.0 Å². The molecular formula is C13H11NOS. The first-order chi connectivity index (χ1) is 7.84. The number of carbonyl (C=O) groups excluding carboxylic acids is 1. The predicted octanol–water partition coefficient (Wildman–Crippen LogP) is 3.06. The van der Waals surface area contributed by atoms with Crippen LogP contribution >= 0.6 is 11.3 Å². The van der Waals surface area contributed by atoms with E-state index in [1.807, 2.05) is 11.4 Å². The van der Waals surface area contributed by atoms with E-state index in [0.29, 0.717) is 18.0 Å². The van der Waals surface area contributed by atoms with Crippen LogP contribution in [0, 0.1) is 0 Å². The Balaban J connectivity index is 1.73. The molecule has 1 aliphatic rings. The molecule has 0 amide bonds. The summed E-state index contributed by atoms with van der Waals surface area (Å²) in [6, 6.07) is 8.35. The lowest BCUT2D eigenvalue weighted by molar-refractivity contribution is 0.0966. The Morgan fingerprint density at radius 2 is 2.31 bits per heavy atom. The Morgan fingerprint density at radius 3 is 3.06 bits per heavy atom. The Morgan fingerprint density at radius 1 is 1.44 bits per heavy atom. The van der Waals surface area contributed by atoms with Crippen molar-refractivity contribution in [3.63, 3.8) is 0 Å². The average Bonchev–Trinajstić information content (AvgIpc) is 2.79. The highest BCUT2D eigenvalue weighted by Gasteiger charge is 2.28. The number of ketones is 1. The van der Waals surface area contributed by atoms with Gasteiger partial charge >= 0.3 is 0 Å². The molecular weight excluding hydrogens is 218 g/mol. The third-order valence-corrected chi connectivity index (χ3v) is 3.70. The minimum Gasteiger partial charge on any atom is -0.292 e. The molecule has 3 rings (SSSR count). The second kappa shape index (κ2) is 3.83. The molecule has 1 aliphatic carbocycles. The van der Waals surface area contributed by atoms with E-state index in [1.54, 1.807) is 5.51 Å². The molecule has 1 unspecified atom stereocenters. The molecule has 0 saturated carbocycles. The van der Waals surface area contributed by atoms with Gasteiger partial charge < -0.3 is 0 Å². The molecule has 3 heteroatoms. The van der Waals surface area contributed by atoms with E-state index in [9.17, 15) is 4.79 Å². The van der Waals surface area contributed by atoms with Gasteiger partial charge in [-0.2, -0.15) is 0 Å². The molecule has 0 radical (unpaired) electrons. The lowest BCUT2D eigenvalue weighted by Gasteiger charge is -2.29. The second-order valence-electron chi connectivity index (χ2n) is 4.10. The number of nitrogens with zero attached hydrogens (tertiary/aromatic N) is 1. The molecule has 1 heterocycles. The summed E-state index contributed by atoms with van der Waals surface area (Å²) < 4.78 is 0. The summed E-state index contributed by atoms with van der Waals surface area (Å²) in [5.41, 5.74) is 5.06. The highest BCUT2D eigenvalue weighted by Crippen LogP contribution is 2.37.